The quantitative estimate of drug-likeness (QED) is 0.476. The van der Waals surface area contributed by atoms with E-state index in [1.807, 2.05) is 24.3 Å². The first-order valence-electron chi connectivity index (χ1n) is 4.07. The molecule has 0 unspecified atom stereocenters. The Balaban J connectivity index is 0. The zero-order valence-corrected chi connectivity index (χ0v) is 11.3. The van der Waals surface area contributed by atoms with Crippen LogP contribution in [0.5, 0.6) is 0 Å². The predicted octanol–water partition coefficient (Wildman–Crippen LogP) is 0.520. The van der Waals surface area contributed by atoms with Crippen molar-refractivity contribution in [3.05, 3.63) is 34.9 Å². The van der Waals surface area contributed by atoms with Gasteiger partial charge < -0.3 is 25.3 Å². The van der Waals surface area contributed by atoms with Crippen molar-refractivity contribution >= 4 is 28.1 Å². The maximum atomic E-state index is 8.74. The number of halogens is 1. The van der Waals surface area contributed by atoms with Crippen molar-refractivity contribution in [2.24, 2.45) is 5.73 Å². The summed E-state index contributed by atoms with van der Waals surface area (Å²) in [5, 5.41) is 0.757. The lowest BCUT2D eigenvalue weighted by Crippen LogP contribution is -1.94. The summed E-state index contributed by atoms with van der Waals surface area (Å²) in [4.78, 5) is 28.6. The molecule has 0 saturated heterocycles. The third-order valence-electron chi connectivity index (χ3n) is 1.15. The lowest BCUT2D eigenvalue weighted by atomic mass is 10.2. The van der Waals surface area contributed by atoms with Crippen LogP contribution in [-0.4, -0.2) is 19.6 Å². The van der Waals surface area contributed by atoms with E-state index >= 15 is 0 Å². The second kappa shape index (κ2) is 12.2. The normalized spacial score (nSPS) is 9.18. The molecule has 0 amide bonds. The molecule has 0 bridgehead atoms. The molecule has 0 aliphatic rings. The largest absolute Gasteiger partial charge is 0.326 e. The van der Waals surface area contributed by atoms with E-state index in [9.17, 15) is 0 Å². The Morgan fingerprint density at radius 2 is 1.29 bits per heavy atom. The summed E-state index contributed by atoms with van der Waals surface area (Å²) >= 11 is 5.63. The molecule has 10 heteroatoms. The molecule has 6 N–H and O–H groups in total. The summed E-state index contributed by atoms with van der Waals surface area (Å²) in [5.41, 5.74) is 6.47. The fourth-order valence-corrected chi connectivity index (χ4v) is 0.746. The van der Waals surface area contributed by atoms with Crippen LogP contribution in [0.2, 0.25) is 5.02 Å². The van der Waals surface area contributed by atoms with E-state index in [2.05, 4.69) is 0 Å². The monoisotopic (exact) mass is 305 g/mol. The van der Waals surface area contributed by atoms with Crippen molar-refractivity contribution in [3.63, 3.8) is 0 Å². The highest BCUT2D eigenvalue weighted by Crippen LogP contribution is 2.08. The van der Waals surface area contributed by atoms with Crippen molar-refractivity contribution in [1.82, 2.24) is 0 Å². The maximum absolute atomic E-state index is 8.74. The van der Waals surface area contributed by atoms with Crippen LogP contribution in [0.25, 0.3) is 0 Å². The van der Waals surface area contributed by atoms with Gasteiger partial charge in [-0.25, -0.2) is 0 Å². The fourth-order valence-electron chi connectivity index (χ4n) is 0.620. The third kappa shape index (κ3) is 21.6. The third-order valence-corrected chi connectivity index (χ3v) is 1.40. The molecule has 0 aliphatic carbocycles. The van der Waals surface area contributed by atoms with Gasteiger partial charge in [-0.05, 0) is 17.7 Å². The zero-order valence-electron chi connectivity index (χ0n) is 8.58. The SMILES string of the molecule is NCc1ccc(Cl)cc1.O=[PH](O)O.O=[PH](O)O. The first-order valence-corrected chi connectivity index (χ1v) is 7.06. The predicted molar refractivity (Wildman–Crippen MR) is 66.2 cm³/mol. The Morgan fingerprint density at radius 1 is 1.00 bits per heavy atom. The van der Waals surface area contributed by atoms with Gasteiger partial charge in [0.15, 0.2) is 0 Å². The van der Waals surface area contributed by atoms with Crippen LogP contribution in [0.1, 0.15) is 5.56 Å². The maximum Gasteiger partial charge on any atom is 0.314 e. The van der Waals surface area contributed by atoms with Gasteiger partial charge in [0.05, 0.1) is 0 Å². The molecular weight excluding hydrogens is 291 g/mol. The average Bonchev–Trinajstić information content (AvgIpc) is 2.17. The molecule has 17 heavy (non-hydrogen) atoms. The lowest BCUT2D eigenvalue weighted by Gasteiger charge is -1.93. The Hall–Kier alpha value is -0.230. The molecule has 7 nitrogen and oxygen atoms in total. The molecule has 0 aliphatic heterocycles. The van der Waals surface area contributed by atoms with Gasteiger partial charge >= 0.3 is 16.5 Å². The fraction of sp³-hybridized carbons (Fsp3) is 0.143. The topological polar surface area (TPSA) is 141 Å². The van der Waals surface area contributed by atoms with Gasteiger partial charge in [-0.15, -0.1) is 0 Å². The molecule has 1 rings (SSSR count). The van der Waals surface area contributed by atoms with Gasteiger partial charge in [-0.2, -0.15) is 0 Å². The second-order valence-electron chi connectivity index (χ2n) is 2.40. The van der Waals surface area contributed by atoms with Crippen LogP contribution in [0.4, 0.5) is 0 Å². The Kier molecular flexibility index (Phi) is 13.8. The van der Waals surface area contributed by atoms with Crippen LogP contribution in [0, 0.1) is 0 Å². The minimum atomic E-state index is -3.13. The molecule has 1 aromatic rings. The minimum absolute atomic E-state index is 0.581. The van der Waals surface area contributed by atoms with E-state index in [4.69, 9.17) is 46.0 Å². The molecule has 100 valence electrons. The Morgan fingerprint density at radius 3 is 1.53 bits per heavy atom. The van der Waals surface area contributed by atoms with Gasteiger partial charge in [-0.1, -0.05) is 23.7 Å². The van der Waals surface area contributed by atoms with Gasteiger partial charge in [0, 0.05) is 11.6 Å². The van der Waals surface area contributed by atoms with E-state index in [1.165, 1.54) is 0 Å². The number of hydrogen-bond donors (Lipinski definition) is 5. The number of benzene rings is 1. The number of hydrogen-bond acceptors (Lipinski definition) is 3. The highest BCUT2D eigenvalue weighted by Gasteiger charge is 1.86. The molecule has 1 aromatic carbocycles. The highest BCUT2D eigenvalue weighted by molar-refractivity contribution is 7.31. The molecular formula is C7H14ClNO6P2. The number of nitrogens with two attached hydrogens (primary N) is 1. The van der Waals surface area contributed by atoms with Gasteiger partial charge in [0.2, 0.25) is 0 Å². The van der Waals surface area contributed by atoms with Crippen molar-refractivity contribution in [3.8, 4) is 0 Å². The Labute approximate surface area is 104 Å². The standard InChI is InChI=1S/C7H8ClN.2H3O3P/c8-7-3-1-6(5-9)2-4-7;2*1-4(2)3/h1-4H,5,9H2;2*4H,(H2,1,2,3). The molecule has 0 spiro atoms. The van der Waals surface area contributed by atoms with E-state index < -0.39 is 16.5 Å². The van der Waals surface area contributed by atoms with E-state index in [0.717, 1.165) is 10.6 Å². The molecule has 0 radical (unpaired) electrons. The van der Waals surface area contributed by atoms with Crippen molar-refractivity contribution in [2.45, 2.75) is 6.54 Å². The van der Waals surface area contributed by atoms with Gasteiger partial charge in [0.25, 0.3) is 0 Å². The summed E-state index contributed by atoms with van der Waals surface area (Å²) in [7, 11) is -6.26. The Bertz CT molecular complexity index is 327. The second-order valence-corrected chi connectivity index (χ2v) is 3.96. The molecule has 0 fully saturated rings. The molecule has 0 aromatic heterocycles. The lowest BCUT2D eigenvalue weighted by molar-refractivity contribution is 0.403. The minimum Gasteiger partial charge on any atom is -0.326 e. The van der Waals surface area contributed by atoms with E-state index in [1.54, 1.807) is 0 Å². The first-order chi connectivity index (χ1) is 7.79. The van der Waals surface area contributed by atoms with E-state index in [-0.39, 0.29) is 0 Å². The average molecular weight is 306 g/mol. The smallest absolute Gasteiger partial charge is 0.314 e. The molecule has 0 atom stereocenters. The summed E-state index contributed by atoms with van der Waals surface area (Å²) in [6.07, 6.45) is 0. The van der Waals surface area contributed by atoms with Crippen molar-refractivity contribution in [1.29, 1.82) is 0 Å². The van der Waals surface area contributed by atoms with Crippen LogP contribution in [0.15, 0.2) is 24.3 Å². The molecule has 0 heterocycles. The van der Waals surface area contributed by atoms with Crippen LogP contribution in [-0.2, 0) is 15.7 Å². The van der Waals surface area contributed by atoms with Crippen LogP contribution < -0.4 is 5.73 Å². The van der Waals surface area contributed by atoms with Crippen molar-refractivity contribution < 1.29 is 28.7 Å². The zero-order chi connectivity index (χ0) is 13.8. The summed E-state index contributed by atoms with van der Waals surface area (Å²) in [5.74, 6) is 0. The van der Waals surface area contributed by atoms with Crippen LogP contribution in [0.3, 0.4) is 0 Å². The first kappa shape index (κ1) is 19.1. The van der Waals surface area contributed by atoms with Crippen molar-refractivity contribution in [2.75, 3.05) is 0 Å². The highest BCUT2D eigenvalue weighted by atomic mass is 35.5. The summed E-state index contributed by atoms with van der Waals surface area (Å²) < 4.78 is 17.5. The molecule has 0 saturated carbocycles. The van der Waals surface area contributed by atoms with Crippen LogP contribution >= 0.6 is 28.1 Å². The van der Waals surface area contributed by atoms with Gasteiger partial charge in [0.1, 0.15) is 0 Å². The number of rotatable bonds is 1. The summed E-state index contributed by atoms with van der Waals surface area (Å²) in [6, 6.07) is 7.51. The summed E-state index contributed by atoms with van der Waals surface area (Å²) in [6.45, 7) is 0.581. The van der Waals surface area contributed by atoms with Gasteiger partial charge in [-0.3, -0.25) is 9.13 Å². The van der Waals surface area contributed by atoms with E-state index in [0.29, 0.717) is 6.54 Å².